The zero-order valence-electron chi connectivity index (χ0n) is 18.5. The molecule has 2 aliphatic rings. The summed E-state index contributed by atoms with van der Waals surface area (Å²) < 4.78 is 11.6. The Hall–Kier alpha value is -2.90. The number of amides is 3. The van der Waals surface area contributed by atoms with Gasteiger partial charge in [-0.25, -0.2) is 4.79 Å². The Morgan fingerprint density at radius 3 is 2.65 bits per heavy atom. The van der Waals surface area contributed by atoms with Crippen LogP contribution in [0.15, 0.2) is 18.2 Å². The van der Waals surface area contributed by atoms with Crippen molar-refractivity contribution in [2.24, 2.45) is 0 Å². The number of carbonyl (C=O) groups excluding carboxylic acids is 4. The van der Waals surface area contributed by atoms with Gasteiger partial charge >= 0.3 is 5.97 Å². The lowest BCUT2D eigenvalue weighted by atomic mass is 10.0. The van der Waals surface area contributed by atoms with E-state index < -0.39 is 29.6 Å². The number of nitrogens with one attached hydrogen (secondary N) is 1. The van der Waals surface area contributed by atoms with Crippen LogP contribution in [0.5, 0.6) is 5.75 Å². The third-order valence-electron chi connectivity index (χ3n) is 5.30. The first-order valence-corrected chi connectivity index (χ1v) is 10.8. The molecule has 1 N–H and O–H groups in total. The van der Waals surface area contributed by atoms with E-state index in [0.29, 0.717) is 23.3 Å². The van der Waals surface area contributed by atoms with Crippen LogP contribution in [0.25, 0.3) is 0 Å². The number of fused-ring (bicyclic) bond motifs is 1. The van der Waals surface area contributed by atoms with Crippen LogP contribution < -0.4 is 10.1 Å². The summed E-state index contributed by atoms with van der Waals surface area (Å²) in [5.41, 5.74) is 0.449. The van der Waals surface area contributed by atoms with Gasteiger partial charge in [0.05, 0.1) is 6.54 Å². The number of rotatable bonds is 7. The van der Waals surface area contributed by atoms with Crippen molar-refractivity contribution >= 4 is 23.7 Å². The molecule has 168 valence electrons. The number of carbonyl (C=O) groups is 4. The smallest absolute Gasteiger partial charge is 0.347 e. The normalized spacial score (nSPS) is 19.7. The molecular weight excluding hydrogens is 400 g/mol. The molecular formula is C23H30N2O6. The highest BCUT2D eigenvalue weighted by atomic mass is 16.6. The number of piperidine rings is 1. The molecule has 8 heteroatoms. The maximum Gasteiger partial charge on any atom is 0.347 e. The molecule has 0 aromatic heterocycles. The summed E-state index contributed by atoms with van der Waals surface area (Å²) in [5, 5.41) is 2.30. The molecule has 2 atom stereocenters. The van der Waals surface area contributed by atoms with Gasteiger partial charge in [0.15, 0.2) is 6.10 Å². The molecule has 0 aliphatic carbocycles. The van der Waals surface area contributed by atoms with Gasteiger partial charge in [-0.3, -0.25) is 19.7 Å². The first-order chi connectivity index (χ1) is 14.6. The summed E-state index contributed by atoms with van der Waals surface area (Å²) in [6.07, 6.45) is 1.89. The van der Waals surface area contributed by atoms with Gasteiger partial charge < -0.3 is 14.4 Å². The second kappa shape index (κ2) is 9.08. The number of esters is 1. The summed E-state index contributed by atoms with van der Waals surface area (Å²) in [4.78, 5) is 50.9. The quantitative estimate of drug-likeness (QED) is 0.527. The Morgan fingerprint density at radius 2 is 2.00 bits per heavy atom. The first kappa shape index (κ1) is 22.8. The van der Waals surface area contributed by atoms with Crippen LogP contribution in [-0.2, 0) is 25.7 Å². The van der Waals surface area contributed by atoms with E-state index >= 15 is 0 Å². The molecule has 2 heterocycles. The van der Waals surface area contributed by atoms with E-state index in [0.717, 1.165) is 12.8 Å². The molecule has 0 saturated carbocycles. The molecule has 3 amide bonds. The first-order valence-electron chi connectivity index (χ1n) is 10.8. The monoisotopic (exact) mass is 430 g/mol. The van der Waals surface area contributed by atoms with E-state index in [1.165, 1.54) is 4.90 Å². The molecule has 1 fully saturated rings. The average Bonchev–Trinajstić information content (AvgIpc) is 3.01. The summed E-state index contributed by atoms with van der Waals surface area (Å²) in [5.74, 6) is -1.07. The average molecular weight is 431 g/mol. The minimum absolute atomic E-state index is 0.186. The van der Waals surface area contributed by atoms with Crippen LogP contribution in [0, 0.1) is 0 Å². The van der Waals surface area contributed by atoms with E-state index in [1.54, 1.807) is 39.0 Å². The fraction of sp³-hybridized carbons (Fsp3) is 0.565. The van der Waals surface area contributed by atoms with Crippen molar-refractivity contribution in [3.05, 3.63) is 29.3 Å². The van der Waals surface area contributed by atoms with Crippen molar-refractivity contribution in [1.29, 1.82) is 0 Å². The van der Waals surface area contributed by atoms with Crippen molar-refractivity contribution in [3.63, 3.8) is 0 Å². The summed E-state index contributed by atoms with van der Waals surface area (Å²) in [7, 11) is 0. The molecule has 0 bridgehead atoms. The van der Waals surface area contributed by atoms with Gasteiger partial charge in [0.2, 0.25) is 11.8 Å². The Morgan fingerprint density at radius 1 is 1.26 bits per heavy atom. The summed E-state index contributed by atoms with van der Waals surface area (Å²) >= 11 is 0. The van der Waals surface area contributed by atoms with Gasteiger partial charge in [-0.15, -0.1) is 0 Å². The fourth-order valence-corrected chi connectivity index (χ4v) is 3.80. The van der Waals surface area contributed by atoms with Crippen molar-refractivity contribution < 1.29 is 28.7 Å². The second-order valence-electron chi connectivity index (χ2n) is 8.96. The third kappa shape index (κ3) is 5.24. The SMILES string of the molecule is CCCCC(Oc1cccc2c1CN(C1CCC(=O)NC1=O)C2=O)C(=O)OC(C)(C)C. The summed E-state index contributed by atoms with van der Waals surface area (Å²) in [6, 6.07) is 4.41. The van der Waals surface area contributed by atoms with Crippen molar-refractivity contribution in [1.82, 2.24) is 10.2 Å². The molecule has 2 aliphatic heterocycles. The number of ether oxygens (including phenoxy) is 2. The second-order valence-corrected chi connectivity index (χ2v) is 8.96. The standard InChI is InChI=1S/C23H30N2O6/c1-5-6-9-18(22(29)31-23(2,3)4)30-17-10-7-8-14-15(17)13-25(21(14)28)16-11-12-19(26)24-20(16)27/h7-8,10,16,18H,5-6,9,11-13H2,1-4H3,(H,24,26,27). The zero-order valence-corrected chi connectivity index (χ0v) is 18.5. The molecule has 1 saturated heterocycles. The number of imide groups is 1. The molecule has 3 rings (SSSR count). The lowest BCUT2D eigenvalue weighted by Crippen LogP contribution is -2.52. The van der Waals surface area contributed by atoms with Crippen LogP contribution in [0.3, 0.4) is 0 Å². The Labute approximate surface area is 182 Å². The summed E-state index contributed by atoms with van der Waals surface area (Å²) in [6.45, 7) is 7.63. The predicted octanol–water partition coefficient (Wildman–Crippen LogP) is 2.73. The zero-order chi connectivity index (χ0) is 22.8. The van der Waals surface area contributed by atoms with Gasteiger partial charge in [-0.05, 0) is 52.2 Å². The van der Waals surface area contributed by atoms with E-state index in [9.17, 15) is 19.2 Å². The minimum atomic E-state index is -0.787. The number of hydrogen-bond donors (Lipinski definition) is 1. The number of unbranched alkanes of at least 4 members (excludes halogenated alkanes) is 1. The van der Waals surface area contributed by atoms with Gasteiger partial charge in [0.25, 0.3) is 5.91 Å². The Balaban J connectivity index is 1.82. The highest BCUT2D eigenvalue weighted by Gasteiger charge is 2.40. The lowest BCUT2D eigenvalue weighted by Gasteiger charge is -2.29. The predicted molar refractivity (Wildman–Crippen MR) is 112 cm³/mol. The van der Waals surface area contributed by atoms with Crippen molar-refractivity contribution in [3.8, 4) is 5.75 Å². The van der Waals surface area contributed by atoms with Gasteiger partial charge in [-0.2, -0.15) is 0 Å². The third-order valence-corrected chi connectivity index (χ3v) is 5.30. The molecule has 0 spiro atoms. The Bertz CT molecular complexity index is 889. The fourth-order valence-electron chi connectivity index (χ4n) is 3.80. The van der Waals surface area contributed by atoms with Crippen LogP contribution in [0.2, 0.25) is 0 Å². The minimum Gasteiger partial charge on any atom is -0.478 e. The van der Waals surface area contributed by atoms with Gasteiger partial charge in [0.1, 0.15) is 17.4 Å². The maximum absolute atomic E-state index is 13.0. The lowest BCUT2D eigenvalue weighted by molar-refractivity contribution is -0.163. The van der Waals surface area contributed by atoms with Crippen LogP contribution in [0.4, 0.5) is 0 Å². The van der Waals surface area contributed by atoms with Crippen LogP contribution >= 0.6 is 0 Å². The number of nitrogens with zero attached hydrogens (tertiary/aromatic N) is 1. The highest BCUT2D eigenvalue weighted by Crippen LogP contribution is 2.34. The number of benzene rings is 1. The number of hydrogen-bond acceptors (Lipinski definition) is 6. The van der Waals surface area contributed by atoms with E-state index in [1.807, 2.05) is 6.92 Å². The maximum atomic E-state index is 13.0. The van der Waals surface area contributed by atoms with Gasteiger partial charge in [-0.1, -0.05) is 19.4 Å². The van der Waals surface area contributed by atoms with Gasteiger partial charge in [0, 0.05) is 17.5 Å². The molecule has 8 nitrogen and oxygen atoms in total. The van der Waals surface area contributed by atoms with E-state index in [2.05, 4.69) is 5.32 Å². The molecule has 31 heavy (non-hydrogen) atoms. The van der Waals surface area contributed by atoms with Crippen molar-refractivity contribution in [2.45, 2.75) is 84.1 Å². The molecule has 2 unspecified atom stereocenters. The van der Waals surface area contributed by atoms with Crippen LogP contribution in [-0.4, -0.2) is 46.3 Å². The Kier molecular flexibility index (Phi) is 6.67. The van der Waals surface area contributed by atoms with E-state index in [-0.39, 0.29) is 31.2 Å². The van der Waals surface area contributed by atoms with E-state index in [4.69, 9.17) is 9.47 Å². The van der Waals surface area contributed by atoms with Crippen molar-refractivity contribution in [2.75, 3.05) is 0 Å². The highest BCUT2D eigenvalue weighted by molar-refractivity contribution is 6.05. The van der Waals surface area contributed by atoms with Crippen LogP contribution in [0.1, 0.15) is 75.7 Å². The largest absolute Gasteiger partial charge is 0.478 e. The topological polar surface area (TPSA) is 102 Å². The molecule has 1 aromatic rings. The molecule has 1 aromatic carbocycles. The molecule has 0 radical (unpaired) electrons.